The second kappa shape index (κ2) is 8.70. The Morgan fingerprint density at radius 2 is 1.76 bits per heavy atom. The molecule has 1 heterocycles. The van der Waals surface area contributed by atoms with Crippen LogP contribution in [0.2, 0.25) is 0 Å². The van der Waals surface area contributed by atoms with E-state index in [1.807, 2.05) is 24.3 Å². The first-order chi connectivity index (χ1) is 12.2. The molecule has 5 nitrogen and oxygen atoms in total. The Morgan fingerprint density at radius 1 is 1.04 bits per heavy atom. The van der Waals surface area contributed by atoms with Gasteiger partial charge in [-0.15, -0.1) is 0 Å². The fourth-order valence-electron chi connectivity index (χ4n) is 3.56. The lowest BCUT2D eigenvalue weighted by Crippen LogP contribution is -2.35. The van der Waals surface area contributed by atoms with Crippen LogP contribution in [0.25, 0.3) is 0 Å². The summed E-state index contributed by atoms with van der Waals surface area (Å²) in [7, 11) is 0. The first-order valence-electron chi connectivity index (χ1n) is 9.27. The van der Waals surface area contributed by atoms with Crippen molar-refractivity contribution in [3.63, 3.8) is 0 Å². The molecule has 5 heteroatoms. The molecular formula is C20H27N3O2. The summed E-state index contributed by atoms with van der Waals surface area (Å²) in [6.07, 6.45) is 9.73. The summed E-state index contributed by atoms with van der Waals surface area (Å²) in [6, 6.07) is 7.67. The van der Waals surface area contributed by atoms with Crippen molar-refractivity contribution in [2.75, 3.05) is 31.1 Å². The van der Waals surface area contributed by atoms with E-state index in [4.69, 9.17) is 0 Å². The Hall–Kier alpha value is -2.30. The zero-order valence-corrected chi connectivity index (χ0v) is 14.7. The highest BCUT2D eigenvalue weighted by atomic mass is 16.2. The van der Waals surface area contributed by atoms with Gasteiger partial charge in [-0.3, -0.25) is 9.59 Å². The van der Waals surface area contributed by atoms with Gasteiger partial charge in [-0.1, -0.05) is 31.1 Å². The molecule has 0 spiro atoms. The number of amides is 2. The molecule has 0 unspecified atom stereocenters. The van der Waals surface area contributed by atoms with E-state index in [1.165, 1.54) is 25.7 Å². The highest BCUT2D eigenvalue weighted by molar-refractivity contribution is 5.95. The van der Waals surface area contributed by atoms with Crippen molar-refractivity contribution in [3.05, 3.63) is 42.0 Å². The van der Waals surface area contributed by atoms with Crippen LogP contribution < -0.4 is 15.5 Å². The third-order valence-electron chi connectivity index (χ3n) is 4.97. The summed E-state index contributed by atoms with van der Waals surface area (Å²) in [5.74, 6) is 0.557. The van der Waals surface area contributed by atoms with E-state index in [0.29, 0.717) is 31.0 Å². The molecule has 25 heavy (non-hydrogen) atoms. The molecule has 3 rings (SSSR count). The van der Waals surface area contributed by atoms with Gasteiger partial charge in [-0.2, -0.15) is 0 Å². The van der Waals surface area contributed by atoms with Gasteiger partial charge in [-0.05, 0) is 37.0 Å². The number of rotatable bonds is 7. The SMILES string of the molecule is O=C(CC1CCCC1)NCCNC(=O)c1cccc(N2CC=CC2)c1. The molecule has 0 radical (unpaired) electrons. The lowest BCUT2D eigenvalue weighted by Gasteiger charge is -2.18. The van der Waals surface area contributed by atoms with Crippen LogP contribution in [0, 0.1) is 5.92 Å². The standard InChI is InChI=1S/C20H27N3O2/c24-19(14-16-6-1-2-7-16)21-10-11-22-20(25)17-8-5-9-18(15-17)23-12-3-4-13-23/h3-5,8-9,15-16H,1-2,6-7,10-14H2,(H,21,24)(H,22,25). The minimum atomic E-state index is -0.0981. The van der Waals surface area contributed by atoms with Gasteiger partial charge in [0.25, 0.3) is 5.91 Å². The molecular weight excluding hydrogens is 314 g/mol. The van der Waals surface area contributed by atoms with Crippen molar-refractivity contribution in [2.24, 2.45) is 5.92 Å². The third kappa shape index (κ3) is 5.08. The molecule has 0 saturated heterocycles. The molecule has 1 aromatic rings. The van der Waals surface area contributed by atoms with Gasteiger partial charge in [0, 0.05) is 43.9 Å². The predicted octanol–water partition coefficient (Wildman–Crippen LogP) is 2.49. The van der Waals surface area contributed by atoms with Gasteiger partial charge < -0.3 is 15.5 Å². The van der Waals surface area contributed by atoms with Crippen LogP contribution in [0.4, 0.5) is 5.69 Å². The zero-order valence-electron chi connectivity index (χ0n) is 14.7. The largest absolute Gasteiger partial charge is 0.364 e. The van der Waals surface area contributed by atoms with Crippen molar-refractivity contribution >= 4 is 17.5 Å². The van der Waals surface area contributed by atoms with Crippen LogP contribution in [-0.4, -0.2) is 38.0 Å². The number of nitrogens with zero attached hydrogens (tertiary/aromatic N) is 1. The summed E-state index contributed by atoms with van der Waals surface area (Å²) in [6.45, 7) is 2.70. The Kier molecular flexibility index (Phi) is 6.09. The first kappa shape index (κ1) is 17.5. The van der Waals surface area contributed by atoms with E-state index in [0.717, 1.165) is 18.8 Å². The minimum absolute atomic E-state index is 0.0981. The highest BCUT2D eigenvalue weighted by Crippen LogP contribution is 2.27. The average Bonchev–Trinajstić information content (AvgIpc) is 3.32. The Bertz CT molecular complexity index is 628. The maximum Gasteiger partial charge on any atom is 0.251 e. The van der Waals surface area contributed by atoms with Crippen LogP contribution in [-0.2, 0) is 4.79 Å². The molecule has 1 aliphatic heterocycles. The zero-order chi connectivity index (χ0) is 17.5. The smallest absolute Gasteiger partial charge is 0.251 e. The van der Waals surface area contributed by atoms with Gasteiger partial charge in [0.05, 0.1) is 0 Å². The second-order valence-corrected chi connectivity index (χ2v) is 6.89. The maximum absolute atomic E-state index is 12.3. The van der Waals surface area contributed by atoms with E-state index in [2.05, 4.69) is 27.7 Å². The highest BCUT2D eigenvalue weighted by Gasteiger charge is 2.18. The molecule has 0 aromatic heterocycles. The van der Waals surface area contributed by atoms with Gasteiger partial charge in [0.1, 0.15) is 0 Å². The summed E-state index contributed by atoms with van der Waals surface area (Å²) in [4.78, 5) is 26.4. The Balaban J connectivity index is 1.38. The van der Waals surface area contributed by atoms with Crippen molar-refractivity contribution in [1.82, 2.24) is 10.6 Å². The van der Waals surface area contributed by atoms with E-state index < -0.39 is 0 Å². The number of nitrogens with one attached hydrogen (secondary N) is 2. The molecule has 1 saturated carbocycles. The lowest BCUT2D eigenvalue weighted by atomic mass is 10.0. The number of hydrogen-bond acceptors (Lipinski definition) is 3. The van der Waals surface area contributed by atoms with E-state index in [-0.39, 0.29) is 11.8 Å². The summed E-state index contributed by atoms with van der Waals surface area (Å²) >= 11 is 0. The van der Waals surface area contributed by atoms with Crippen molar-refractivity contribution < 1.29 is 9.59 Å². The fourth-order valence-corrected chi connectivity index (χ4v) is 3.56. The van der Waals surface area contributed by atoms with Gasteiger partial charge in [0.15, 0.2) is 0 Å². The molecule has 0 bridgehead atoms. The number of carbonyl (C=O) groups is 2. The molecule has 2 aliphatic rings. The van der Waals surface area contributed by atoms with Gasteiger partial charge in [0.2, 0.25) is 5.91 Å². The molecule has 134 valence electrons. The van der Waals surface area contributed by atoms with Crippen LogP contribution in [0.1, 0.15) is 42.5 Å². The molecule has 0 atom stereocenters. The van der Waals surface area contributed by atoms with Crippen molar-refractivity contribution in [2.45, 2.75) is 32.1 Å². The predicted molar refractivity (Wildman–Crippen MR) is 99.7 cm³/mol. The Labute approximate surface area is 149 Å². The third-order valence-corrected chi connectivity index (χ3v) is 4.97. The lowest BCUT2D eigenvalue weighted by molar-refractivity contribution is -0.121. The number of carbonyl (C=O) groups excluding carboxylic acids is 2. The minimum Gasteiger partial charge on any atom is -0.364 e. The average molecular weight is 341 g/mol. The summed E-state index contributed by atoms with van der Waals surface area (Å²) in [5.41, 5.74) is 1.71. The van der Waals surface area contributed by atoms with Gasteiger partial charge >= 0.3 is 0 Å². The monoisotopic (exact) mass is 341 g/mol. The fraction of sp³-hybridized carbons (Fsp3) is 0.500. The summed E-state index contributed by atoms with van der Waals surface area (Å²) < 4.78 is 0. The molecule has 1 aromatic carbocycles. The van der Waals surface area contributed by atoms with Crippen LogP contribution >= 0.6 is 0 Å². The number of anilines is 1. The molecule has 2 N–H and O–H groups in total. The van der Waals surface area contributed by atoms with Gasteiger partial charge in [-0.25, -0.2) is 0 Å². The molecule has 1 aliphatic carbocycles. The quantitative estimate of drug-likeness (QED) is 0.592. The maximum atomic E-state index is 12.3. The van der Waals surface area contributed by atoms with E-state index in [9.17, 15) is 9.59 Å². The Morgan fingerprint density at radius 3 is 2.52 bits per heavy atom. The summed E-state index contributed by atoms with van der Waals surface area (Å²) in [5, 5.41) is 5.78. The normalized spacial score (nSPS) is 17.0. The second-order valence-electron chi connectivity index (χ2n) is 6.89. The first-order valence-corrected chi connectivity index (χ1v) is 9.27. The van der Waals surface area contributed by atoms with Crippen LogP contribution in [0.3, 0.4) is 0 Å². The number of benzene rings is 1. The number of hydrogen-bond donors (Lipinski definition) is 2. The molecule has 2 amide bonds. The van der Waals surface area contributed by atoms with Crippen LogP contribution in [0.15, 0.2) is 36.4 Å². The topological polar surface area (TPSA) is 61.4 Å². The molecule has 1 fully saturated rings. The van der Waals surface area contributed by atoms with E-state index >= 15 is 0 Å². The van der Waals surface area contributed by atoms with Crippen molar-refractivity contribution in [1.29, 1.82) is 0 Å². The van der Waals surface area contributed by atoms with Crippen LogP contribution in [0.5, 0.6) is 0 Å². The van der Waals surface area contributed by atoms with Crippen molar-refractivity contribution in [3.8, 4) is 0 Å². The van der Waals surface area contributed by atoms with E-state index in [1.54, 1.807) is 0 Å².